The number of nitrogens with one attached hydrogen (secondary N) is 2. The SMILES string of the molecule is COCCn1c(C(=O)OC)c(NC(=O)Cc2ccccc2)c2cc(NC3CCCCC3)cnc21. The van der Waals surface area contributed by atoms with Gasteiger partial charge in [-0.1, -0.05) is 49.6 Å². The summed E-state index contributed by atoms with van der Waals surface area (Å²) in [7, 11) is 2.94. The highest BCUT2D eigenvalue weighted by Gasteiger charge is 2.26. The minimum atomic E-state index is -0.536. The molecule has 8 nitrogen and oxygen atoms in total. The highest BCUT2D eigenvalue weighted by molar-refractivity contribution is 6.11. The number of nitrogens with zero attached hydrogens (tertiary/aromatic N) is 2. The molecular weight excluding hydrogens is 432 g/mol. The van der Waals surface area contributed by atoms with Crippen LogP contribution in [-0.4, -0.2) is 48.3 Å². The summed E-state index contributed by atoms with van der Waals surface area (Å²) < 4.78 is 12.1. The zero-order valence-electron chi connectivity index (χ0n) is 19.8. The average molecular weight is 465 g/mol. The van der Waals surface area contributed by atoms with Crippen molar-refractivity contribution >= 4 is 34.3 Å². The predicted molar refractivity (Wildman–Crippen MR) is 132 cm³/mol. The number of anilines is 2. The van der Waals surface area contributed by atoms with Crippen LogP contribution >= 0.6 is 0 Å². The fourth-order valence-electron chi connectivity index (χ4n) is 4.59. The first-order valence-corrected chi connectivity index (χ1v) is 11.8. The minimum Gasteiger partial charge on any atom is -0.464 e. The number of amides is 1. The fraction of sp³-hybridized carbons (Fsp3) is 0.423. The van der Waals surface area contributed by atoms with E-state index < -0.39 is 5.97 Å². The molecule has 4 rings (SSSR count). The Morgan fingerprint density at radius 1 is 1.12 bits per heavy atom. The number of aromatic nitrogens is 2. The second-order valence-electron chi connectivity index (χ2n) is 8.64. The molecule has 2 heterocycles. The van der Waals surface area contributed by atoms with Crippen LogP contribution in [-0.2, 0) is 27.2 Å². The molecule has 0 bridgehead atoms. The Morgan fingerprint density at radius 2 is 1.88 bits per heavy atom. The third-order valence-corrected chi connectivity index (χ3v) is 6.24. The average Bonchev–Trinajstić information content (AvgIpc) is 3.15. The van der Waals surface area contributed by atoms with E-state index in [2.05, 4.69) is 15.6 Å². The first kappa shape index (κ1) is 23.8. The van der Waals surface area contributed by atoms with Crippen LogP contribution in [0.15, 0.2) is 42.6 Å². The molecule has 0 unspecified atom stereocenters. The summed E-state index contributed by atoms with van der Waals surface area (Å²) in [5.41, 5.74) is 3.04. The highest BCUT2D eigenvalue weighted by Crippen LogP contribution is 2.33. The number of carbonyl (C=O) groups is 2. The van der Waals surface area contributed by atoms with Crippen molar-refractivity contribution < 1.29 is 19.1 Å². The summed E-state index contributed by atoms with van der Waals surface area (Å²) >= 11 is 0. The summed E-state index contributed by atoms with van der Waals surface area (Å²) in [6, 6.07) is 11.9. The molecule has 1 aliphatic rings. The van der Waals surface area contributed by atoms with Crippen molar-refractivity contribution in [3.63, 3.8) is 0 Å². The van der Waals surface area contributed by atoms with Gasteiger partial charge in [0.2, 0.25) is 5.91 Å². The quantitative estimate of drug-likeness (QED) is 0.456. The van der Waals surface area contributed by atoms with Gasteiger partial charge in [-0.2, -0.15) is 0 Å². The monoisotopic (exact) mass is 464 g/mol. The first-order valence-electron chi connectivity index (χ1n) is 11.8. The molecule has 1 fully saturated rings. The fourth-order valence-corrected chi connectivity index (χ4v) is 4.59. The summed E-state index contributed by atoms with van der Waals surface area (Å²) in [6.07, 6.45) is 7.94. The number of rotatable bonds is 9. The number of fused-ring (bicyclic) bond motifs is 1. The molecule has 0 aliphatic heterocycles. The maximum Gasteiger partial charge on any atom is 0.356 e. The summed E-state index contributed by atoms with van der Waals surface area (Å²) in [6.45, 7) is 0.781. The molecule has 1 saturated carbocycles. The second kappa shape index (κ2) is 11.2. The number of benzene rings is 1. The van der Waals surface area contributed by atoms with Gasteiger partial charge in [-0.3, -0.25) is 4.79 Å². The van der Waals surface area contributed by atoms with Gasteiger partial charge in [0.1, 0.15) is 5.65 Å². The van der Waals surface area contributed by atoms with Crippen LogP contribution in [0.4, 0.5) is 11.4 Å². The minimum absolute atomic E-state index is 0.194. The lowest BCUT2D eigenvalue weighted by Crippen LogP contribution is -2.22. The Hall–Kier alpha value is -3.39. The van der Waals surface area contributed by atoms with Crippen LogP contribution in [0.3, 0.4) is 0 Å². The van der Waals surface area contributed by atoms with Gasteiger partial charge in [0, 0.05) is 25.1 Å². The van der Waals surface area contributed by atoms with E-state index in [9.17, 15) is 9.59 Å². The van der Waals surface area contributed by atoms with Gasteiger partial charge in [-0.05, 0) is 24.5 Å². The predicted octanol–water partition coefficient (Wildman–Crippen LogP) is 4.40. The van der Waals surface area contributed by atoms with Crippen molar-refractivity contribution in [3.05, 3.63) is 53.9 Å². The van der Waals surface area contributed by atoms with E-state index in [0.29, 0.717) is 35.9 Å². The molecule has 0 atom stereocenters. The number of esters is 1. The van der Waals surface area contributed by atoms with Crippen molar-refractivity contribution in [2.75, 3.05) is 31.5 Å². The molecule has 0 spiro atoms. The van der Waals surface area contributed by atoms with Crippen LogP contribution in [0.2, 0.25) is 0 Å². The smallest absolute Gasteiger partial charge is 0.356 e. The second-order valence-corrected chi connectivity index (χ2v) is 8.64. The number of ether oxygens (including phenoxy) is 2. The molecule has 1 aliphatic carbocycles. The van der Waals surface area contributed by atoms with Crippen LogP contribution < -0.4 is 10.6 Å². The van der Waals surface area contributed by atoms with E-state index in [1.165, 1.54) is 26.4 Å². The topological polar surface area (TPSA) is 94.5 Å². The molecule has 8 heteroatoms. The van der Waals surface area contributed by atoms with Gasteiger partial charge >= 0.3 is 5.97 Å². The lowest BCUT2D eigenvalue weighted by Gasteiger charge is -2.23. The number of carbonyl (C=O) groups excluding carboxylic acids is 2. The Kier molecular flexibility index (Phi) is 7.80. The standard InChI is InChI=1S/C26H32N4O4/c1-33-14-13-30-24(26(32)34-2)23(29-22(31)15-18-9-5-3-6-10-18)21-16-20(17-27-25(21)30)28-19-11-7-4-8-12-19/h3,5-6,9-10,16-17,19,28H,4,7-8,11-15H2,1-2H3,(H,29,31). The summed E-state index contributed by atoms with van der Waals surface area (Å²) in [5, 5.41) is 7.25. The van der Waals surface area contributed by atoms with Crippen molar-refractivity contribution in [1.29, 1.82) is 0 Å². The molecule has 0 saturated heterocycles. The van der Waals surface area contributed by atoms with E-state index in [4.69, 9.17) is 9.47 Å². The number of hydrogen-bond acceptors (Lipinski definition) is 6. The molecule has 3 aromatic rings. The van der Waals surface area contributed by atoms with Gasteiger partial charge < -0.3 is 24.7 Å². The molecule has 180 valence electrons. The highest BCUT2D eigenvalue weighted by atomic mass is 16.5. The number of hydrogen-bond donors (Lipinski definition) is 2. The zero-order valence-corrected chi connectivity index (χ0v) is 19.8. The van der Waals surface area contributed by atoms with E-state index in [-0.39, 0.29) is 18.0 Å². The third kappa shape index (κ3) is 5.39. The third-order valence-electron chi connectivity index (χ3n) is 6.24. The molecular formula is C26H32N4O4. The van der Waals surface area contributed by atoms with Crippen molar-refractivity contribution in [2.45, 2.75) is 51.1 Å². The zero-order chi connectivity index (χ0) is 23.9. The van der Waals surface area contributed by atoms with Crippen molar-refractivity contribution in [2.24, 2.45) is 0 Å². The normalized spacial score (nSPS) is 14.2. The molecule has 34 heavy (non-hydrogen) atoms. The molecule has 2 aromatic heterocycles. The van der Waals surface area contributed by atoms with Crippen LogP contribution in [0.5, 0.6) is 0 Å². The Labute approximate surface area is 199 Å². The van der Waals surface area contributed by atoms with Crippen molar-refractivity contribution in [1.82, 2.24) is 9.55 Å². The maximum absolute atomic E-state index is 13.0. The van der Waals surface area contributed by atoms with Gasteiger partial charge in [0.25, 0.3) is 0 Å². The Bertz CT molecular complexity index is 1140. The van der Waals surface area contributed by atoms with Crippen LogP contribution in [0.25, 0.3) is 11.0 Å². The van der Waals surface area contributed by atoms with Gasteiger partial charge in [0.15, 0.2) is 5.69 Å². The number of methoxy groups -OCH3 is 2. The Morgan fingerprint density at radius 3 is 2.59 bits per heavy atom. The summed E-state index contributed by atoms with van der Waals surface area (Å²) in [5.74, 6) is -0.751. The largest absolute Gasteiger partial charge is 0.464 e. The molecule has 1 amide bonds. The lowest BCUT2D eigenvalue weighted by atomic mass is 9.95. The number of pyridine rings is 1. The van der Waals surface area contributed by atoms with Gasteiger partial charge in [-0.15, -0.1) is 0 Å². The van der Waals surface area contributed by atoms with E-state index in [1.807, 2.05) is 36.4 Å². The molecule has 1 aromatic carbocycles. The lowest BCUT2D eigenvalue weighted by molar-refractivity contribution is -0.115. The van der Waals surface area contributed by atoms with E-state index in [0.717, 1.165) is 24.1 Å². The molecule has 0 radical (unpaired) electrons. The summed E-state index contributed by atoms with van der Waals surface area (Å²) in [4.78, 5) is 30.5. The van der Waals surface area contributed by atoms with Crippen LogP contribution in [0, 0.1) is 0 Å². The van der Waals surface area contributed by atoms with Crippen LogP contribution in [0.1, 0.15) is 48.2 Å². The Balaban J connectivity index is 1.73. The van der Waals surface area contributed by atoms with Crippen molar-refractivity contribution in [3.8, 4) is 0 Å². The molecule has 2 N–H and O–H groups in total. The van der Waals surface area contributed by atoms with E-state index in [1.54, 1.807) is 17.9 Å². The maximum atomic E-state index is 13.0. The van der Waals surface area contributed by atoms with E-state index >= 15 is 0 Å². The van der Waals surface area contributed by atoms with Gasteiger partial charge in [0.05, 0.1) is 37.7 Å². The van der Waals surface area contributed by atoms with Gasteiger partial charge in [-0.25, -0.2) is 9.78 Å². The first-order chi connectivity index (χ1) is 16.6.